The smallest absolute Gasteiger partial charge is 0.440 e. The molecular weight excluding hydrogens is 304 g/mol. The molecular formula is C12H9F6NO2. The van der Waals surface area contributed by atoms with E-state index in [-0.39, 0.29) is 6.61 Å². The third-order valence-electron chi connectivity index (χ3n) is 2.17. The Labute approximate surface area is 115 Å². The maximum Gasteiger partial charge on any atom is 0.440 e. The van der Waals surface area contributed by atoms with Gasteiger partial charge in [0.05, 0.1) is 17.9 Å². The standard InChI is InChI=1S/C12H9F6NO2/c1-2-21-10(20)9(12(16,17)18)19-8-5-3-7(4-6-8)11(13,14)15/h3-6H,2H2,1H3. The van der Waals surface area contributed by atoms with Gasteiger partial charge in [0.1, 0.15) is 0 Å². The van der Waals surface area contributed by atoms with Crippen molar-refractivity contribution >= 4 is 17.4 Å². The lowest BCUT2D eigenvalue weighted by atomic mass is 10.2. The Morgan fingerprint density at radius 3 is 2.00 bits per heavy atom. The molecule has 0 spiro atoms. The molecule has 116 valence electrons. The van der Waals surface area contributed by atoms with Crippen LogP contribution in [0, 0.1) is 0 Å². The number of hydrogen-bond acceptors (Lipinski definition) is 3. The monoisotopic (exact) mass is 313 g/mol. The van der Waals surface area contributed by atoms with Crippen molar-refractivity contribution in [2.75, 3.05) is 6.61 Å². The van der Waals surface area contributed by atoms with Gasteiger partial charge in [0.2, 0.25) is 5.71 Å². The summed E-state index contributed by atoms with van der Waals surface area (Å²) in [6.45, 7) is 1.02. The van der Waals surface area contributed by atoms with Gasteiger partial charge in [-0.25, -0.2) is 9.79 Å². The Morgan fingerprint density at radius 1 is 1.10 bits per heavy atom. The lowest BCUT2D eigenvalue weighted by molar-refractivity contribution is -0.139. The second kappa shape index (κ2) is 6.15. The molecule has 0 aromatic heterocycles. The molecule has 1 aromatic rings. The summed E-state index contributed by atoms with van der Waals surface area (Å²) in [4.78, 5) is 14.2. The first kappa shape index (κ1) is 17.0. The number of carbonyl (C=O) groups excluding carboxylic acids is 1. The van der Waals surface area contributed by atoms with Crippen LogP contribution >= 0.6 is 0 Å². The first-order valence-corrected chi connectivity index (χ1v) is 5.56. The minimum absolute atomic E-state index is 0.291. The van der Waals surface area contributed by atoms with E-state index in [1.807, 2.05) is 0 Å². The first-order chi connectivity index (χ1) is 9.55. The highest BCUT2D eigenvalue weighted by atomic mass is 19.4. The third kappa shape index (κ3) is 4.76. The van der Waals surface area contributed by atoms with E-state index in [4.69, 9.17) is 0 Å². The van der Waals surface area contributed by atoms with Gasteiger partial charge >= 0.3 is 18.3 Å². The highest BCUT2D eigenvalue weighted by Gasteiger charge is 2.42. The molecule has 0 N–H and O–H groups in total. The topological polar surface area (TPSA) is 38.7 Å². The molecule has 0 fully saturated rings. The van der Waals surface area contributed by atoms with E-state index in [2.05, 4.69) is 9.73 Å². The van der Waals surface area contributed by atoms with Crippen LogP contribution in [0.4, 0.5) is 32.0 Å². The van der Waals surface area contributed by atoms with Crippen LogP contribution in [-0.4, -0.2) is 24.5 Å². The molecule has 0 bridgehead atoms. The molecule has 0 atom stereocenters. The molecule has 0 heterocycles. The molecule has 0 aliphatic rings. The number of benzene rings is 1. The summed E-state index contributed by atoms with van der Waals surface area (Å²) in [5, 5.41) is 0. The zero-order valence-electron chi connectivity index (χ0n) is 10.5. The maximum atomic E-state index is 12.6. The van der Waals surface area contributed by atoms with Crippen molar-refractivity contribution in [3.63, 3.8) is 0 Å². The number of ether oxygens (including phenoxy) is 1. The molecule has 0 radical (unpaired) electrons. The summed E-state index contributed by atoms with van der Waals surface area (Å²) >= 11 is 0. The van der Waals surface area contributed by atoms with Crippen LogP contribution in [0.1, 0.15) is 12.5 Å². The fourth-order valence-electron chi connectivity index (χ4n) is 1.28. The van der Waals surface area contributed by atoms with Gasteiger partial charge in [-0.05, 0) is 31.2 Å². The number of aliphatic imine (C=N–C) groups is 1. The summed E-state index contributed by atoms with van der Waals surface area (Å²) < 4.78 is 79.1. The highest BCUT2D eigenvalue weighted by molar-refractivity contribution is 6.39. The fraction of sp³-hybridized carbons (Fsp3) is 0.333. The van der Waals surface area contributed by atoms with Gasteiger partial charge in [-0.2, -0.15) is 26.3 Å². The minimum Gasteiger partial charge on any atom is -0.461 e. The number of halogens is 6. The normalized spacial score (nSPS) is 13.2. The Bertz CT molecular complexity index is 530. The van der Waals surface area contributed by atoms with Gasteiger partial charge in [0, 0.05) is 0 Å². The van der Waals surface area contributed by atoms with Gasteiger partial charge in [0.15, 0.2) is 0 Å². The molecule has 0 aliphatic heterocycles. The van der Waals surface area contributed by atoms with Crippen LogP contribution < -0.4 is 0 Å². The minimum atomic E-state index is -5.07. The average molecular weight is 313 g/mol. The molecule has 1 aromatic carbocycles. The van der Waals surface area contributed by atoms with E-state index < -0.39 is 35.3 Å². The zero-order valence-corrected chi connectivity index (χ0v) is 10.5. The molecule has 0 aliphatic carbocycles. The fourth-order valence-corrected chi connectivity index (χ4v) is 1.28. The van der Waals surface area contributed by atoms with Crippen LogP contribution in [-0.2, 0) is 15.7 Å². The average Bonchev–Trinajstić information content (AvgIpc) is 2.34. The van der Waals surface area contributed by atoms with Crippen molar-refractivity contribution in [1.82, 2.24) is 0 Å². The summed E-state index contributed by atoms with van der Waals surface area (Å²) in [6.07, 6.45) is -9.69. The second-order valence-corrected chi connectivity index (χ2v) is 3.72. The molecule has 0 saturated carbocycles. The summed E-state index contributed by atoms with van der Waals surface area (Å²) in [5.41, 5.74) is -3.31. The maximum absolute atomic E-state index is 12.6. The van der Waals surface area contributed by atoms with Gasteiger partial charge in [0.25, 0.3) is 0 Å². The van der Waals surface area contributed by atoms with Gasteiger partial charge < -0.3 is 4.74 Å². The largest absolute Gasteiger partial charge is 0.461 e. The molecule has 21 heavy (non-hydrogen) atoms. The van der Waals surface area contributed by atoms with Crippen LogP contribution in [0.15, 0.2) is 29.3 Å². The predicted octanol–water partition coefficient (Wildman–Crippen LogP) is 3.90. The Balaban J connectivity index is 3.14. The summed E-state index contributed by atoms with van der Waals surface area (Å²) in [6, 6.07) is 2.59. The number of alkyl halides is 6. The van der Waals surface area contributed by atoms with Crippen molar-refractivity contribution in [2.45, 2.75) is 19.3 Å². The Kier molecular flexibility index (Phi) is 4.97. The van der Waals surface area contributed by atoms with E-state index in [1.54, 1.807) is 0 Å². The van der Waals surface area contributed by atoms with Crippen molar-refractivity contribution in [2.24, 2.45) is 4.99 Å². The molecule has 0 saturated heterocycles. The number of rotatable bonds is 3. The quantitative estimate of drug-likeness (QED) is 0.482. The van der Waals surface area contributed by atoms with E-state index in [0.717, 1.165) is 12.1 Å². The zero-order chi connectivity index (χ0) is 16.3. The molecule has 1 rings (SSSR count). The van der Waals surface area contributed by atoms with Gasteiger partial charge in [-0.3, -0.25) is 0 Å². The lowest BCUT2D eigenvalue weighted by Gasteiger charge is -2.10. The number of esters is 1. The van der Waals surface area contributed by atoms with Gasteiger partial charge in [-0.1, -0.05) is 0 Å². The number of nitrogens with zero attached hydrogens (tertiary/aromatic N) is 1. The molecule has 0 unspecified atom stereocenters. The number of hydrogen-bond donors (Lipinski definition) is 0. The molecule has 3 nitrogen and oxygen atoms in total. The van der Waals surface area contributed by atoms with E-state index in [9.17, 15) is 31.1 Å². The SMILES string of the molecule is CCOC(=O)C(=Nc1ccc(C(F)(F)F)cc1)C(F)(F)F. The van der Waals surface area contributed by atoms with Crippen molar-refractivity contribution < 1.29 is 35.9 Å². The Morgan fingerprint density at radius 2 is 1.62 bits per heavy atom. The van der Waals surface area contributed by atoms with E-state index in [1.165, 1.54) is 6.92 Å². The third-order valence-corrected chi connectivity index (χ3v) is 2.17. The highest BCUT2D eigenvalue weighted by Crippen LogP contribution is 2.31. The van der Waals surface area contributed by atoms with E-state index >= 15 is 0 Å². The van der Waals surface area contributed by atoms with Crippen molar-refractivity contribution in [1.29, 1.82) is 0 Å². The van der Waals surface area contributed by atoms with Crippen molar-refractivity contribution in [3.8, 4) is 0 Å². The first-order valence-electron chi connectivity index (χ1n) is 5.56. The summed E-state index contributed by atoms with van der Waals surface area (Å²) in [7, 11) is 0. The Hall–Kier alpha value is -2.06. The van der Waals surface area contributed by atoms with Crippen LogP contribution in [0.2, 0.25) is 0 Å². The van der Waals surface area contributed by atoms with Crippen LogP contribution in [0.3, 0.4) is 0 Å². The number of carbonyl (C=O) groups is 1. The van der Waals surface area contributed by atoms with Crippen molar-refractivity contribution in [3.05, 3.63) is 29.8 Å². The lowest BCUT2D eigenvalue weighted by Crippen LogP contribution is -2.32. The van der Waals surface area contributed by atoms with Gasteiger partial charge in [-0.15, -0.1) is 0 Å². The van der Waals surface area contributed by atoms with Crippen LogP contribution in [0.5, 0.6) is 0 Å². The molecule has 9 heteroatoms. The molecule has 0 amide bonds. The second-order valence-electron chi connectivity index (χ2n) is 3.72. The van der Waals surface area contributed by atoms with Crippen LogP contribution in [0.25, 0.3) is 0 Å². The van der Waals surface area contributed by atoms with E-state index in [0.29, 0.717) is 12.1 Å². The predicted molar refractivity (Wildman–Crippen MR) is 61.2 cm³/mol. The summed E-state index contributed by atoms with van der Waals surface area (Å²) in [5.74, 6) is -1.69.